The Morgan fingerprint density at radius 2 is 2.28 bits per heavy atom. The summed E-state index contributed by atoms with van der Waals surface area (Å²) in [5, 5.41) is 0. The maximum atomic E-state index is 11.8. The van der Waals surface area contributed by atoms with Crippen LogP contribution in [0.15, 0.2) is 0 Å². The van der Waals surface area contributed by atoms with Crippen LogP contribution in [0.2, 0.25) is 0 Å². The molecular weight excluding hydrogens is 234 g/mol. The van der Waals surface area contributed by atoms with Crippen molar-refractivity contribution in [1.82, 2.24) is 4.90 Å². The summed E-state index contributed by atoms with van der Waals surface area (Å²) in [5.41, 5.74) is -0.0968. The van der Waals surface area contributed by atoms with E-state index in [1.165, 1.54) is 0 Å². The first kappa shape index (κ1) is 13.8. The van der Waals surface area contributed by atoms with Gasteiger partial charge in [-0.05, 0) is 25.7 Å². The molecule has 5 nitrogen and oxygen atoms in total. The van der Waals surface area contributed by atoms with Crippen molar-refractivity contribution < 1.29 is 19.0 Å². The highest BCUT2D eigenvalue weighted by Gasteiger charge is 2.53. The Labute approximate surface area is 108 Å². The quantitative estimate of drug-likeness (QED) is 0.702. The van der Waals surface area contributed by atoms with Gasteiger partial charge in [-0.3, -0.25) is 4.79 Å². The van der Waals surface area contributed by atoms with E-state index >= 15 is 0 Å². The molecule has 0 bridgehead atoms. The summed E-state index contributed by atoms with van der Waals surface area (Å²) in [4.78, 5) is 13.6. The van der Waals surface area contributed by atoms with Gasteiger partial charge in [-0.15, -0.1) is 0 Å². The van der Waals surface area contributed by atoms with Crippen molar-refractivity contribution in [3.8, 4) is 0 Å². The number of carbonyl (C=O) groups is 1. The van der Waals surface area contributed by atoms with Crippen molar-refractivity contribution in [3.63, 3.8) is 0 Å². The Morgan fingerprint density at radius 1 is 1.50 bits per heavy atom. The molecule has 0 N–H and O–H groups in total. The maximum absolute atomic E-state index is 11.8. The van der Waals surface area contributed by atoms with Crippen molar-refractivity contribution in [2.75, 3.05) is 46.6 Å². The molecule has 2 saturated heterocycles. The number of likely N-dealkylation sites (tertiary alicyclic amines) is 1. The van der Waals surface area contributed by atoms with Crippen LogP contribution in [0.5, 0.6) is 0 Å². The Bertz CT molecular complexity index is 289. The average Bonchev–Trinajstić information content (AvgIpc) is 2.75. The van der Waals surface area contributed by atoms with Crippen LogP contribution in [0.3, 0.4) is 0 Å². The Hall–Kier alpha value is -0.650. The maximum Gasteiger partial charge on any atom is 0.248 e. The standard InChI is InChI=1S/C13H23NO4/c1-3-17-8-12(15)14-9-13(10-14)11(4-6-16-2)5-7-18-13/h11H,3-10H2,1-2H3/t11-/m1/s1. The topological polar surface area (TPSA) is 48.0 Å². The third-order valence-electron chi connectivity index (χ3n) is 3.97. The lowest BCUT2D eigenvalue weighted by Crippen LogP contribution is -2.66. The van der Waals surface area contributed by atoms with E-state index in [9.17, 15) is 4.79 Å². The third-order valence-corrected chi connectivity index (χ3v) is 3.97. The zero-order valence-corrected chi connectivity index (χ0v) is 11.3. The van der Waals surface area contributed by atoms with Gasteiger partial charge in [0.2, 0.25) is 5.91 Å². The molecule has 1 atom stereocenters. The van der Waals surface area contributed by atoms with Crippen molar-refractivity contribution in [1.29, 1.82) is 0 Å². The minimum absolute atomic E-state index is 0.0727. The molecule has 2 aliphatic heterocycles. The fourth-order valence-electron chi connectivity index (χ4n) is 2.86. The highest BCUT2D eigenvalue weighted by Crippen LogP contribution is 2.41. The zero-order valence-electron chi connectivity index (χ0n) is 11.3. The van der Waals surface area contributed by atoms with E-state index in [2.05, 4.69) is 0 Å². The SMILES string of the molecule is CCOCC(=O)N1CC2(C1)OCC[C@H]2CCOC. The smallest absolute Gasteiger partial charge is 0.248 e. The molecule has 2 rings (SSSR count). The van der Waals surface area contributed by atoms with Crippen LogP contribution in [0.25, 0.3) is 0 Å². The summed E-state index contributed by atoms with van der Waals surface area (Å²) in [6.45, 7) is 5.67. The van der Waals surface area contributed by atoms with Crippen LogP contribution in [0.1, 0.15) is 19.8 Å². The molecule has 0 radical (unpaired) electrons. The zero-order chi connectivity index (χ0) is 13.0. The number of ether oxygens (including phenoxy) is 3. The number of amides is 1. The van der Waals surface area contributed by atoms with E-state index in [1.807, 2.05) is 11.8 Å². The van der Waals surface area contributed by atoms with Gasteiger partial charge < -0.3 is 19.1 Å². The number of nitrogens with zero attached hydrogens (tertiary/aromatic N) is 1. The summed E-state index contributed by atoms with van der Waals surface area (Å²) >= 11 is 0. The lowest BCUT2D eigenvalue weighted by Gasteiger charge is -2.50. The number of methoxy groups -OCH3 is 1. The third kappa shape index (κ3) is 2.68. The normalized spacial score (nSPS) is 25.4. The Balaban J connectivity index is 1.80. The van der Waals surface area contributed by atoms with E-state index in [4.69, 9.17) is 14.2 Å². The number of carbonyl (C=O) groups excluding carboxylic acids is 1. The van der Waals surface area contributed by atoms with Gasteiger partial charge in [-0.2, -0.15) is 0 Å². The van der Waals surface area contributed by atoms with Crippen molar-refractivity contribution >= 4 is 5.91 Å². The van der Waals surface area contributed by atoms with Gasteiger partial charge in [0, 0.05) is 26.9 Å². The highest BCUT2D eigenvalue weighted by atomic mass is 16.5. The first-order valence-electron chi connectivity index (χ1n) is 6.70. The minimum atomic E-state index is -0.0968. The van der Waals surface area contributed by atoms with E-state index in [1.54, 1.807) is 7.11 Å². The summed E-state index contributed by atoms with van der Waals surface area (Å²) in [6, 6.07) is 0. The Kier molecular flexibility index (Phi) is 4.59. The molecule has 5 heteroatoms. The number of hydrogen-bond donors (Lipinski definition) is 0. The fraction of sp³-hybridized carbons (Fsp3) is 0.923. The van der Waals surface area contributed by atoms with Crippen LogP contribution in [0, 0.1) is 5.92 Å². The molecule has 18 heavy (non-hydrogen) atoms. The molecule has 1 spiro atoms. The summed E-state index contributed by atoms with van der Waals surface area (Å²) in [6.07, 6.45) is 2.10. The van der Waals surface area contributed by atoms with Gasteiger partial charge in [0.15, 0.2) is 0 Å². The van der Waals surface area contributed by atoms with Crippen molar-refractivity contribution in [2.24, 2.45) is 5.92 Å². The van der Waals surface area contributed by atoms with Crippen molar-refractivity contribution in [2.45, 2.75) is 25.4 Å². The minimum Gasteiger partial charge on any atom is -0.385 e. The second kappa shape index (κ2) is 5.99. The average molecular weight is 257 g/mol. The number of hydrogen-bond acceptors (Lipinski definition) is 4. The molecule has 2 fully saturated rings. The molecule has 0 aromatic carbocycles. The van der Waals surface area contributed by atoms with Crippen LogP contribution in [-0.4, -0.2) is 63.0 Å². The Morgan fingerprint density at radius 3 is 2.94 bits per heavy atom. The second-order valence-electron chi connectivity index (χ2n) is 5.07. The van der Waals surface area contributed by atoms with E-state index in [0.29, 0.717) is 25.6 Å². The lowest BCUT2D eigenvalue weighted by atomic mass is 9.79. The van der Waals surface area contributed by atoms with Gasteiger partial charge in [-0.25, -0.2) is 0 Å². The molecule has 104 valence electrons. The monoisotopic (exact) mass is 257 g/mol. The molecule has 0 aromatic heterocycles. The molecule has 0 aliphatic carbocycles. The van der Waals surface area contributed by atoms with Gasteiger partial charge in [0.25, 0.3) is 0 Å². The van der Waals surface area contributed by atoms with E-state index in [-0.39, 0.29) is 18.1 Å². The predicted molar refractivity (Wildman–Crippen MR) is 66.4 cm³/mol. The summed E-state index contributed by atoms with van der Waals surface area (Å²) in [5.74, 6) is 0.595. The van der Waals surface area contributed by atoms with Gasteiger partial charge in [0.05, 0.1) is 13.1 Å². The van der Waals surface area contributed by atoms with Crippen LogP contribution in [0.4, 0.5) is 0 Å². The molecule has 2 aliphatic rings. The first-order chi connectivity index (χ1) is 8.72. The number of rotatable bonds is 6. The summed E-state index contributed by atoms with van der Waals surface area (Å²) in [7, 11) is 1.72. The first-order valence-corrected chi connectivity index (χ1v) is 6.70. The van der Waals surface area contributed by atoms with Gasteiger partial charge in [0.1, 0.15) is 12.2 Å². The molecule has 0 aromatic rings. The van der Waals surface area contributed by atoms with Crippen LogP contribution < -0.4 is 0 Å². The van der Waals surface area contributed by atoms with Crippen molar-refractivity contribution in [3.05, 3.63) is 0 Å². The molecule has 0 saturated carbocycles. The lowest BCUT2D eigenvalue weighted by molar-refractivity contribution is -0.169. The predicted octanol–water partition coefficient (Wildman–Crippen LogP) is 0.677. The summed E-state index contributed by atoms with van der Waals surface area (Å²) < 4.78 is 16.2. The molecular formula is C13H23NO4. The highest BCUT2D eigenvalue weighted by molar-refractivity contribution is 5.78. The largest absolute Gasteiger partial charge is 0.385 e. The second-order valence-corrected chi connectivity index (χ2v) is 5.07. The van der Waals surface area contributed by atoms with E-state index in [0.717, 1.165) is 26.1 Å². The van der Waals surface area contributed by atoms with E-state index < -0.39 is 0 Å². The van der Waals surface area contributed by atoms with Crippen LogP contribution in [-0.2, 0) is 19.0 Å². The molecule has 1 amide bonds. The fourth-order valence-corrected chi connectivity index (χ4v) is 2.86. The van der Waals surface area contributed by atoms with Gasteiger partial charge >= 0.3 is 0 Å². The molecule has 0 unspecified atom stereocenters. The van der Waals surface area contributed by atoms with Gasteiger partial charge in [-0.1, -0.05) is 0 Å². The molecule has 2 heterocycles. The van der Waals surface area contributed by atoms with Crippen LogP contribution >= 0.6 is 0 Å².